The van der Waals surface area contributed by atoms with Gasteiger partial charge in [-0.15, -0.1) is 0 Å². The molecule has 1 unspecified atom stereocenters. The Bertz CT molecular complexity index is 868. The zero-order valence-corrected chi connectivity index (χ0v) is 19.4. The highest BCUT2D eigenvalue weighted by atomic mass is 16.5. The summed E-state index contributed by atoms with van der Waals surface area (Å²) in [6.45, 7) is 7.98. The lowest BCUT2D eigenvalue weighted by Crippen LogP contribution is -2.52. The number of carbonyl (C=O) groups is 2. The van der Waals surface area contributed by atoms with Crippen molar-refractivity contribution < 1.29 is 14.3 Å². The van der Waals surface area contributed by atoms with Crippen LogP contribution in [0.4, 0.5) is 0 Å². The first kappa shape index (κ1) is 23.8. The van der Waals surface area contributed by atoms with E-state index >= 15 is 0 Å². The predicted octanol–water partition coefficient (Wildman–Crippen LogP) is 3.11. The van der Waals surface area contributed by atoms with E-state index in [1.807, 2.05) is 61.2 Å². The second kappa shape index (κ2) is 11.7. The van der Waals surface area contributed by atoms with Crippen LogP contribution in [-0.2, 0) is 22.6 Å². The SMILES string of the molecule is COc1ccc(CN2CCCN(C(=O)C(NC(=O)Cc3ccccc3)C(C)C)CC2)cc1. The van der Waals surface area contributed by atoms with Crippen LogP contribution in [0, 0.1) is 5.92 Å². The van der Waals surface area contributed by atoms with E-state index < -0.39 is 6.04 Å². The fraction of sp³-hybridized carbons (Fsp3) is 0.462. The zero-order chi connectivity index (χ0) is 22.9. The summed E-state index contributed by atoms with van der Waals surface area (Å²) in [7, 11) is 1.67. The lowest BCUT2D eigenvalue weighted by molar-refractivity contribution is -0.137. The van der Waals surface area contributed by atoms with Crippen LogP contribution in [0.25, 0.3) is 0 Å². The minimum atomic E-state index is -0.501. The smallest absolute Gasteiger partial charge is 0.245 e. The van der Waals surface area contributed by atoms with E-state index in [1.54, 1.807) is 7.11 Å². The molecule has 1 heterocycles. The molecule has 6 nitrogen and oxygen atoms in total. The summed E-state index contributed by atoms with van der Waals surface area (Å²) >= 11 is 0. The third kappa shape index (κ3) is 6.82. The van der Waals surface area contributed by atoms with Gasteiger partial charge in [0.05, 0.1) is 13.5 Å². The molecule has 1 saturated heterocycles. The third-order valence-electron chi connectivity index (χ3n) is 5.92. The number of nitrogens with zero attached hydrogens (tertiary/aromatic N) is 2. The molecule has 6 heteroatoms. The van der Waals surface area contributed by atoms with Crippen molar-refractivity contribution in [2.75, 3.05) is 33.3 Å². The Kier molecular flexibility index (Phi) is 8.68. The number of rotatable bonds is 8. The van der Waals surface area contributed by atoms with E-state index in [0.717, 1.165) is 43.9 Å². The Morgan fingerprint density at radius 2 is 1.66 bits per heavy atom. The maximum Gasteiger partial charge on any atom is 0.245 e. The number of benzene rings is 2. The normalized spacial score (nSPS) is 15.8. The molecule has 3 rings (SSSR count). The quantitative estimate of drug-likeness (QED) is 0.689. The Morgan fingerprint density at radius 3 is 2.31 bits per heavy atom. The van der Waals surface area contributed by atoms with Crippen LogP contribution in [0.3, 0.4) is 0 Å². The van der Waals surface area contributed by atoms with Gasteiger partial charge in [0.25, 0.3) is 0 Å². The van der Waals surface area contributed by atoms with Crippen molar-refractivity contribution in [3.8, 4) is 5.75 Å². The molecule has 0 spiro atoms. The van der Waals surface area contributed by atoms with Crippen molar-refractivity contribution >= 4 is 11.8 Å². The van der Waals surface area contributed by atoms with Gasteiger partial charge >= 0.3 is 0 Å². The van der Waals surface area contributed by atoms with E-state index in [9.17, 15) is 9.59 Å². The van der Waals surface area contributed by atoms with Crippen molar-refractivity contribution in [3.63, 3.8) is 0 Å². The molecule has 0 aliphatic carbocycles. The molecule has 32 heavy (non-hydrogen) atoms. The van der Waals surface area contributed by atoms with Crippen LogP contribution in [-0.4, -0.2) is 60.9 Å². The van der Waals surface area contributed by atoms with Gasteiger partial charge in [-0.2, -0.15) is 0 Å². The molecule has 1 fully saturated rings. The van der Waals surface area contributed by atoms with E-state index in [2.05, 4.69) is 22.3 Å². The fourth-order valence-electron chi connectivity index (χ4n) is 4.05. The predicted molar refractivity (Wildman–Crippen MR) is 126 cm³/mol. The van der Waals surface area contributed by atoms with Gasteiger partial charge in [0, 0.05) is 32.7 Å². The van der Waals surface area contributed by atoms with Gasteiger partial charge < -0.3 is 15.0 Å². The maximum absolute atomic E-state index is 13.3. The van der Waals surface area contributed by atoms with Gasteiger partial charge in [-0.1, -0.05) is 56.3 Å². The van der Waals surface area contributed by atoms with Crippen molar-refractivity contribution in [1.82, 2.24) is 15.1 Å². The van der Waals surface area contributed by atoms with E-state index in [1.165, 1.54) is 5.56 Å². The first-order chi connectivity index (χ1) is 15.5. The molecule has 0 saturated carbocycles. The minimum absolute atomic E-state index is 0.0210. The lowest BCUT2D eigenvalue weighted by atomic mass is 10.0. The molecule has 1 N–H and O–H groups in total. The molecule has 0 bridgehead atoms. The largest absolute Gasteiger partial charge is 0.497 e. The van der Waals surface area contributed by atoms with Crippen LogP contribution in [0.2, 0.25) is 0 Å². The molecule has 0 aromatic heterocycles. The number of nitrogens with one attached hydrogen (secondary N) is 1. The fourth-order valence-corrected chi connectivity index (χ4v) is 4.05. The third-order valence-corrected chi connectivity index (χ3v) is 5.92. The Balaban J connectivity index is 1.55. The summed E-state index contributed by atoms with van der Waals surface area (Å²) in [5.74, 6) is 0.795. The van der Waals surface area contributed by atoms with Gasteiger partial charge in [-0.05, 0) is 35.6 Å². The highest BCUT2D eigenvalue weighted by Crippen LogP contribution is 2.15. The number of ether oxygens (including phenoxy) is 1. The van der Waals surface area contributed by atoms with Crippen LogP contribution in [0.15, 0.2) is 54.6 Å². The Hall–Kier alpha value is -2.86. The maximum atomic E-state index is 13.3. The van der Waals surface area contributed by atoms with E-state index in [-0.39, 0.29) is 24.2 Å². The topological polar surface area (TPSA) is 61.9 Å². The van der Waals surface area contributed by atoms with Crippen LogP contribution < -0.4 is 10.1 Å². The standard InChI is InChI=1S/C26H35N3O3/c1-20(2)25(27-24(30)18-21-8-5-4-6-9-21)26(31)29-15-7-14-28(16-17-29)19-22-10-12-23(32-3)13-11-22/h4-6,8-13,20,25H,7,14-19H2,1-3H3,(H,27,30). The van der Waals surface area contributed by atoms with Gasteiger partial charge in [0.1, 0.15) is 11.8 Å². The summed E-state index contributed by atoms with van der Waals surface area (Å²) < 4.78 is 5.23. The molecule has 2 aromatic carbocycles. The molecule has 1 aliphatic rings. The number of hydrogen-bond acceptors (Lipinski definition) is 4. The first-order valence-corrected chi connectivity index (χ1v) is 11.4. The van der Waals surface area contributed by atoms with Gasteiger partial charge in [-0.25, -0.2) is 0 Å². The summed E-state index contributed by atoms with van der Waals surface area (Å²) in [4.78, 5) is 30.2. The molecule has 172 valence electrons. The zero-order valence-electron chi connectivity index (χ0n) is 19.4. The molecule has 1 aliphatic heterocycles. The molecular weight excluding hydrogens is 402 g/mol. The number of methoxy groups -OCH3 is 1. The van der Waals surface area contributed by atoms with Gasteiger partial charge in [0.2, 0.25) is 11.8 Å². The number of hydrogen-bond donors (Lipinski definition) is 1. The average Bonchev–Trinajstić information content (AvgIpc) is 3.03. The summed E-state index contributed by atoms with van der Waals surface area (Å²) in [6, 6.07) is 17.3. The monoisotopic (exact) mass is 437 g/mol. The highest BCUT2D eigenvalue weighted by molar-refractivity contribution is 5.88. The number of amides is 2. The molecular formula is C26H35N3O3. The molecule has 2 amide bonds. The second-order valence-corrected chi connectivity index (χ2v) is 8.75. The van der Waals surface area contributed by atoms with Gasteiger partial charge in [-0.3, -0.25) is 14.5 Å². The van der Waals surface area contributed by atoms with Crippen molar-refractivity contribution in [1.29, 1.82) is 0 Å². The Labute approximate surface area is 191 Å². The molecule has 2 aromatic rings. The van der Waals surface area contributed by atoms with Crippen LogP contribution >= 0.6 is 0 Å². The highest BCUT2D eigenvalue weighted by Gasteiger charge is 2.29. The summed E-state index contributed by atoms with van der Waals surface area (Å²) in [5, 5.41) is 2.99. The second-order valence-electron chi connectivity index (χ2n) is 8.75. The number of carbonyl (C=O) groups excluding carboxylic acids is 2. The summed E-state index contributed by atoms with van der Waals surface area (Å²) in [6.07, 6.45) is 1.21. The molecule has 1 atom stereocenters. The van der Waals surface area contributed by atoms with Crippen molar-refractivity contribution in [3.05, 3.63) is 65.7 Å². The van der Waals surface area contributed by atoms with E-state index in [0.29, 0.717) is 6.54 Å². The lowest BCUT2D eigenvalue weighted by Gasteiger charge is -2.29. The Morgan fingerprint density at radius 1 is 0.938 bits per heavy atom. The molecule has 0 radical (unpaired) electrons. The average molecular weight is 438 g/mol. The van der Waals surface area contributed by atoms with Gasteiger partial charge in [0.15, 0.2) is 0 Å². The van der Waals surface area contributed by atoms with Crippen LogP contribution in [0.1, 0.15) is 31.4 Å². The van der Waals surface area contributed by atoms with Crippen LogP contribution in [0.5, 0.6) is 5.75 Å². The first-order valence-electron chi connectivity index (χ1n) is 11.4. The minimum Gasteiger partial charge on any atom is -0.497 e. The van der Waals surface area contributed by atoms with Crippen molar-refractivity contribution in [2.45, 2.75) is 39.3 Å². The van der Waals surface area contributed by atoms with E-state index in [4.69, 9.17) is 4.74 Å². The summed E-state index contributed by atoms with van der Waals surface area (Å²) in [5.41, 5.74) is 2.18. The van der Waals surface area contributed by atoms with Crippen molar-refractivity contribution in [2.24, 2.45) is 5.92 Å².